The van der Waals surface area contributed by atoms with Crippen molar-refractivity contribution in [1.29, 1.82) is 0 Å². The second kappa shape index (κ2) is 14.6. The summed E-state index contributed by atoms with van der Waals surface area (Å²) in [5, 5.41) is 2.07. The van der Waals surface area contributed by atoms with Crippen LogP contribution in [0.1, 0.15) is 128 Å². The van der Waals surface area contributed by atoms with Gasteiger partial charge >= 0.3 is 0 Å². The maximum Gasteiger partial charge on any atom is 0.136 e. The maximum absolute atomic E-state index is 6.90. The SMILES string of the molecule is CN1[CH-]N2c3[c-]c(Oc4[c-]c5c(cc4)c4cccnc4n5-c4ccccn4)ccc3C3(c4cccc1c42)c1c(cc(C(C)(C)C)cc1C(C)(C)C)-c1cc(C(C)(C)C)cc(C(C)(C)C)c13.[Pt]. The number of hydrogen-bond donors (Lipinski definition) is 0. The Hall–Kier alpha value is -5.71. The van der Waals surface area contributed by atoms with E-state index in [4.69, 9.17) is 14.7 Å². The Labute approximate surface area is 405 Å². The van der Waals surface area contributed by atoms with Gasteiger partial charge in [-0.2, -0.15) is 18.8 Å². The molecule has 1 spiro atoms. The summed E-state index contributed by atoms with van der Waals surface area (Å²) in [6.45, 7) is 30.7. The van der Waals surface area contributed by atoms with Crippen molar-refractivity contribution in [2.45, 2.75) is 110 Å². The number of para-hydroxylation sites is 1. The summed E-state index contributed by atoms with van der Waals surface area (Å²) in [7, 11) is 2.16. The summed E-state index contributed by atoms with van der Waals surface area (Å²) in [6.07, 6.45) is 3.64. The first kappa shape index (κ1) is 44.1. The van der Waals surface area contributed by atoms with Gasteiger partial charge in [0, 0.05) is 61.7 Å². The van der Waals surface area contributed by atoms with Gasteiger partial charge in [0.25, 0.3) is 0 Å². The number of benzene rings is 5. The molecule has 2 aliphatic heterocycles. The predicted molar refractivity (Wildman–Crippen MR) is 268 cm³/mol. The molecule has 338 valence electrons. The minimum atomic E-state index is -0.671. The fourth-order valence-corrected chi connectivity index (χ4v) is 10.9. The van der Waals surface area contributed by atoms with E-state index in [2.05, 4.69) is 190 Å². The zero-order valence-corrected chi connectivity index (χ0v) is 42.7. The summed E-state index contributed by atoms with van der Waals surface area (Å²) < 4.78 is 8.96. The van der Waals surface area contributed by atoms with Crippen molar-refractivity contribution >= 4 is 39.0 Å². The average molecular weight is 1050 g/mol. The molecule has 0 radical (unpaired) electrons. The molecule has 0 unspecified atom stereocenters. The van der Waals surface area contributed by atoms with Crippen LogP contribution in [0, 0.1) is 18.8 Å². The van der Waals surface area contributed by atoms with Crippen LogP contribution in [0.15, 0.2) is 109 Å². The van der Waals surface area contributed by atoms with Gasteiger partial charge in [-0.25, -0.2) is 9.97 Å². The molecule has 1 aliphatic carbocycles. The van der Waals surface area contributed by atoms with Crippen LogP contribution in [0.5, 0.6) is 11.5 Å². The molecule has 5 aromatic carbocycles. The topological polar surface area (TPSA) is 46.4 Å². The molecule has 0 saturated heterocycles. The quantitative estimate of drug-likeness (QED) is 0.165. The molecule has 66 heavy (non-hydrogen) atoms. The first-order valence-corrected chi connectivity index (χ1v) is 23.0. The summed E-state index contributed by atoms with van der Waals surface area (Å²) in [5.74, 6) is 1.99. The van der Waals surface area contributed by atoms with Crippen molar-refractivity contribution in [2.75, 3.05) is 16.8 Å². The fraction of sp³-hybridized carbons (Fsp3) is 0.305. The van der Waals surface area contributed by atoms with E-state index >= 15 is 0 Å². The van der Waals surface area contributed by atoms with Crippen LogP contribution in [0.3, 0.4) is 0 Å². The number of fused-ring (bicyclic) bond motifs is 12. The van der Waals surface area contributed by atoms with E-state index in [-0.39, 0.29) is 42.7 Å². The second-order valence-corrected chi connectivity index (χ2v) is 22.6. The summed E-state index contributed by atoms with van der Waals surface area (Å²) in [5.41, 5.74) is 17.3. The number of anilines is 3. The standard InChI is InChI=1S/C59H58N5O.Pt/c1-55(2,3)35-28-41-42-29-36(56(4,5)6)31-46(58(10,11)12)52(42)59(51(41)45(30-35)57(7,8)9)43-25-23-38(33-49(43)63-34-62(13)47-20-16-19-44(59)53(47)63)65-37-22-24-39-40-18-17-27-61-54(40)64(48(39)32-37)50-21-14-15-26-60-50;/h14-31,34H,1-13H3;/q-3;. The molecule has 0 bridgehead atoms. The van der Waals surface area contributed by atoms with Crippen LogP contribution in [0.25, 0.3) is 38.9 Å². The van der Waals surface area contributed by atoms with Gasteiger partial charge in [0.1, 0.15) is 11.5 Å². The maximum atomic E-state index is 6.90. The summed E-state index contributed by atoms with van der Waals surface area (Å²) in [6, 6.07) is 43.2. The van der Waals surface area contributed by atoms with Crippen LogP contribution in [-0.4, -0.2) is 21.6 Å². The Bertz CT molecular complexity index is 3200. The molecule has 11 rings (SSSR count). The van der Waals surface area contributed by atoms with Crippen molar-refractivity contribution in [3.8, 4) is 28.4 Å². The number of hydrogen-bond acceptors (Lipinski definition) is 5. The molecule has 5 heterocycles. The first-order chi connectivity index (χ1) is 30.7. The third-order valence-corrected chi connectivity index (χ3v) is 14.0. The molecule has 3 aromatic heterocycles. The number of ether oxygens (including phenoxy) is 1. The monoisotopic (exact) mass is 1050 g/mol. The van der Waals surface area contributed by atoms with Gasteiger partial charge in [-0.15, -0.1) is 35.2 Å². The molecule has 0 saturated carbocycles. The Morgan fingerprint density at radius 2 is 1.21 bits per heavy atom. The van der Waals surface area contributed by atoms with Crippen molar-refractivity contribution in [3.05, 3.63) is 173 Å². The minimum absolute atomic E-state index is 0. The molecule has 0 atom stereocenters. The molecule has 0 amide bonds. The minimum Gasteiger partial charge on any atom is -0.509 e. The summed E-state index contributed by atoms with van der Waals surface area (Å²) >= 11 is 0. The Morgan fingerprint density at radius 3 is 1.82 bits per heavy atom. The average Bonchev–Trinajstić information content (AvgIpc) is 3.87. The van der Waals surface area contributed by atoms with Crippen molar-refractivity contribution in [1.82, 2.24) is 14.5 Å². The molecular formula is C59H58N5OPt-3. The fourth-order valence-electron chi connectivity index (χ4n) is 10.9. The van der Waals surface area contributed by atoms with Crippen molar-refractivity contribution in [2.24, 2.45) is 0 Å². The van der Waals surface area contributed by atoms with Crippen LogP contribution >= 0.6 is 0 Å². The molecule has 0 N–H and O–H groups in total. The number of rotatable bonds is 3. The van der Waals surface area contributed by atoms with Crippen LogP contribution in [0.2, 0.25) is 0 Å². The molecule has 6 nitrogen and oxygen atoms in total. The van der Waals surface area contributed by atoms with Crippen LogP contribution in [0.4, 0.5) is 17.1 Å². The van der Waals surface area contributed by atoms with E-state index in [1.807, 2.05) is 42.7 Å². The summed E-state index contributed by atoms with van der Waals surface area (Å²) in [4.78, 5) is 14.1. The molecule has 3 aliphatic rings. The zero-order chi connectivity index (χ0) is 45.7. The van der Waals surface area contributed by atoms with Gasteiger partial charge in [-0.3, -0.25) is 0 Å². The van der Waals surface area contributed by atoms with Crippen molar-refractivity contribution < 1.29 is 25.8 Å². The van der Waals surface area contributed by atoms with Gasteiger partial charge in [0.15, 0.2) is 0 Å². The van der Waals surface area contributed by atoms with E-state index in [1.54, 1.807) is 0 Å². The van der Waals surface area contributed by atoms with E-state index in [1.165, 1.54) is 67.0 Å². The Kier molecular flexibility index (Phi) is 9.79. The number of pyridine rings is 2. The molecular weight excluding hydrogens is 990 g/mol. The van der Waals surface area contributed by atoms with Gasteiger partial charge in [0.05, 0.1) is 0 Å². The smallest absolute Gasteiger partial charge is 0.136 e. The second-order valence-electron chi connectivity index (χ2n) is 22.6. The predicted octanol–water partition coefficient (Wildman–Crippen LogP) is 14.5. The van der Waals surface area contributed by atoms with E-state index < -0.39 is 5.41 Å². The largest absolute Gasteiger partial charge is 0.509 e. The van der Waals surface area contributed by atoms with Gasteiger partial charge in [-0.1, -0.05) is 143 Å². The van der Waals surface area contributed by atoms with Crippen LogP contribution < -0.4 is 14.5 Å². The molecule has 8 aromatic rings. The van der Waals surface area contributed by atoms with Gasteiger partial charge < -0.3 is 19.1 Å². The Balaban J connectivity index is 0.00000511. The van der Waals surface area contributed by atoms with Crippen LogP contribution in [-0.2, 0) is 48.1 Å². The Morgan fingerprint density at radius 1 is 0.591 bits per heavy atom. The van der Waals surface area contributed by atoms with Gasteiger partial charge in [-0.05, 0) is 108 Å². The third kappa shape index (κ3) is 6.37. The zero-order valence-electron chi connectivity index (χ0n) is 40.4. The third-order valence-electron chi connectivity index (χ3n) is 14.0. The normalized spacial score (nSPS) is 14.9. The van der Waals surface area contributed by atoms with E-state index in [9.17, 15) is 0 Å². The van der Waals surface area contributed by atoms with E-state index in [0.717, 1.165) is 33.4 Å². The van der Waals surface area contributed by atoms with Crippen molar-refractivity contribution in [3.63, 3.8) is 0 Å². The number of aromatic nitrogens is 3. The van der Waals surface area contributed by atoms with Gasteiger partial charge in [0.2, 0.25) is 0 Å². The first-order valence-electron chi connectivity index (χ1n) is 23.0. The van der Waals surface area contributed by atoms with E-state index in [0.29, 0.717) is 11.5 Å². The molecule has 7 heteroatoms. The number of nitrogens with zero attached hydrogens (tertiary/aromatic N) is 5. The molecule has 0 fully saturated rings.